The van der Waals surface area contributed by atoms with E-state index in [0.717, 1.165) is 25.1 Å². The van der Waals surface area contributed by atoms with E-state index in [0.29, 0.717) is 25.9 Å². The number of carbonyl (C=O) groups is 2. The monoisotopic (exact) mass is 316 g/mol. The van der Waals surface area contributed by atoms with Gasteiger partial charge in [-0.2, -0.15) is 0 Å². The van der Waals surface area contributed by atoms with Crippen LogP contribution >= 0.6 is 0 Å². The highest BCUT2D eigenvalue weighted by Crippen LogP contribution is 2.27. The van der Waals surface area contributed by atoms with Crippen LogP contribution in [-0.4, -0.2) is 47.6 Å². The molecule has 1 amide bonds. The van der Waals surface area contributed by atoms with Crippen LogP contribution in [0.3, 0.4) is 0 Å². The standard InChI is InChI=1S/C18H24N2O3/c1-13-4-6-15(7-5-13)20-10-2-3-16(17(20)21)19-11-8-14(9-12-19)18(22)23/h4-7,14,16H,2-3,8-12H2,1H3,(H,22,23). The maximum absolute atomic E-state index is 12.9. The topological polar surface area (TPSA) is 60.9 Å². The molecule has 2 fully saturated rings. The molecule has 0 aromatic heterocycles. The Morgan fingerprint density at radius 1 is 1.09 bits per heavy atom. The smallest absolute Gasteiger partial charge is 0.306 e. The van der Waals surface area contributed by atoms with Crippen LogP contribution in [0.15, 0.2) is 24.3 Å². The summed E-state index contributed by atoms with van der Waals surface area (Å²) >= 11 is 0. The molecule has 3 rings (SSSR count). The molecule has 5 heteroatoms. The minimum Gasteiger partial charge on any atom is -0.481 e. The van der Waals surface area contributed by atoms with E-state index in [4.69, 9.17) is 5.11 Å². The van der Waals surface area contributed by atoms with Crippen LogP contribution in [0.2, 0.25) is 0 Å². The quantitative estimate of drug-likeness (QED) is 0.929. The first-order valence-corrected chi connectivity index (χ1v) is 8.41. The van der Waals surface area contributed by atoms with E-state index in [1.807, 2.05) is 36.1 Å². The molecule has 0 aliphatic carbocycles. The number of likely N-dealkylation sites (tertiary alicyclic amines) is 1. The number of hydrogen-bond donors (Lipinski definition) is 1. The summed E-state index contributed by atoms with van der Waals surface area (Å²) < 4.78 is 0. The molecule has 1 unspecified atom stereocenters. The third kappa shape index (κ3) is 3.39. The normalized spacial score (nSPS) is 24.0. The van der Waals surface area contributed by atoms with Gasteiger partial charge in [0.25, 0.3) is 0 Å². The molecule has 2 aliphatic rings. The Hall–Kier alpha value is -1.88. The number of amides is 1. The fraction of sp³-hybridized carbons (Fsp3) is 0.556. The zero-order valence-corrected chi connectivity index (χ0v) is 13.6. The molecule has 0 bridgehead atoms. The number of aryl methyl sites for hydroxylation is 1. The minimum atomic E-state index is -0.707. The van der Waals surface area contributed by atoms with Crippen molar-refractivity contribution in [3.05, 3.63) is 29.8 Å². The number of nitrogens with zero attached hydrogens (tertiary/aromatic N) is 2. The number of benzene rings is 1. The van der Waals surface area contributed by atoms with Crippen molar-refractivity contribution in [2.45, 2.75) is 38.6 Å². The fourth-order valence-electron chi connectivity index (χ4n) is 3.63. The van der Waals surface area contributed by atoms with Gasteiger partial charge in [0.15, 0.2) is 0 Å². The van der Waals surface area contributed by atoms with Crippen molar-refractivity contribution in [2.24, 2.45) is 5.92 Å². The molecule has 2 aliphatic heterocycles. The molecule has 2 saturated heterocycles. The highest BCUT2D eigenvalue weighted by Gasteiger charge is 2.36. The number of carbonyl (C=O) groups excluding carboxylic acids is 1. The van der Waals surface area contributed by atoms with Gasteiger partial charge in [-0.1, -0.05) is 17.7 Å². The third-order valence-corrected chi connectivity index (χ3v) is 5.08. The predicted octanol–water partition coefficient (Wildman–Crippen LogP) is 2.29. The highest BCUT2D eigenvalue weighted by atomic mass is 16.4. The summed E-state index contributed by atoms with van der Waals surface area (Å²) in [6.45, 7) is 4.21. The molecule has 1 aromatic carbocycles. The predicted molar refractivity (Wildman–Crippen MR) is 88.5 cm³/mol. The van der Waals surface area contributed by atoms with Crippen LogP contribution in [0.25, 0.3) is 0 Å². The Bertz CT molecular complexity index is 576. The van der Waals surface area contributed by atoms with Crippen LogP contribution in [-0.2, 0) is 9.59 Å². The van der Waals surface area contributed by atoms with E-state index >= 15 is 0 Å². The largest absolute Gasteiger partial charge is 0.481 e. The third-order valence-electron chi connectivity index (χ3n) is 5.08. The van der Waals surface area contributed by atoms with Gasteiger partial charge in [-0.3, -0.25) is 14.5 Å². The van der Waals surface area contributed by atoms with Crippen molar-refractivity contribution in [3.63, 3.8) is 0 Å². The molecule has 0 saturated carbocycles. The van der Waals surface area contributed by atoms with E-state index in [1.54, 1.807) is 0 Å². The minimum absolute atomic E-state index is 0.0974. The molecule has 1 atom stereocenters. The van der Waals surface area contributed by atoms with E-state index < -0.39 is 5.97 Å². The van der Waals surface area contributed by atoms with E-state index in [1.165, 1.54) is 5.56 Å². The Kier molecular flexibility index (Phi) is 4.66. The zero-order chi connectivity index (χ0) is 16.4. The molecule has 1 N–H and O–H groups in total. The lowest BCUT2D eigenvalue weighted by atomic mass is 9.93. The highest BCUT2D eigenvalue weighted by molar-refractivity contribution is 5.98. The average molecular weight is 316 g/mol. The molecule has 23 heavy (non-hydrogen) atoms. The second-order valence-electron chi connectivity index (χ2n) is 6.63. The van der Waals surface area contributed by atoms with Crippen molar-refractivity contribution in [2.75, 3.05) is 24.5 Å². The Morgan fingerprint density at radius 2 is 1.74 bits per heavy atom. The summed E-state index contributed by atoms with van der Waals surface area (Å²) in [4.78, 5) is 28.0. The van der Waals surface area contributed by atoms with Gasteiger partial charge in [0.1, 0.15) is 0 Å². The van der Waals surface area contributed by atoms with Crippen LogP contribution in [0, 0.1) is 12.8 Å². The number of anilines is 1. The van der Waals surface area contributed by atoms with E-state index in [9.17, 15) is 9.59 Å². The summed E-state index contributed by atoms with van der Waals surface area (Å²) in [5, 5.41) is 9.11. The van der Waals surface area contributed by atoms with Crippen molar-refractivity contribution < 1.29 is 14.7 Å². The maximum atomic E-state index is 12.9. The lowest BCUT2D eigenvalue weighted by Crippen LogP contribution is -2.54. The average Bonchev–Trinajstić information content (AvgIpc) is 2.56. The Labute approximate surface area is 136 Å². The van der Waals surface area contributed by atoms with Crippen molar-refractivity contribution in [1.29, 1.82) is 0 Å². The van der Waals surface area contributed by atoms with Crippen LogP contribution in [0.1, 0.15) is 31.2 Å². The van der Waals surface area contributed by atoms with Gasteiger partial charge in [0.2, 0.25) is 5.91 Å². The van der Waals surface area contributed by atoms with Gasteiger partial charge in [-0.15, -0.1) is 0 Å². The molecule has 0 spiro atoms. The van der Waals surface area contributed by atoms with Crippen LogP contribution < -0.4 is 4.90 Å². The first kappa shape index (κ1) is 16.0. The summed E-state index contributed by atoms with van der Waals surface area (Å²) in [5.74, 6) is -0.798. The van der Waals surface area contributed by atoms with E-state index in [2.05, 4.69) is 4.90 Å². The second-order valence-corrected chi connectivity index (χ2v) is 6.63. The lowest BCUT2D eigenvalue weighted by Gasteiger charge is -2.41. The van der Waals surface area contributed by atoms with Crippen LogP contribution in [0.4, 0.5) is 5.69 Å². The summed E-state index contributed by atoms with van der Waals surface area (Å²) in [5.41, 5.74) is 2.15. The molecule has 1 aromatic rings. The second kappa shape index (κ2) is 6.71. The molecular weight excluding hydrogens is 292 g/mol. The molecule has 5 nitrogen and oxygen atoms in total. The number of piperidine rings is 2. The number of aliphatic carboxylic acids is 1. The Morgan fingerprint density at radius 3 is 2.35 bits per heavy atom. The van der Waals surface area contributed by atoms with Crippen molar-refractivity contribution in [1.82, 2.24) is 4.90 Å². The maximum Gasteiger partial charge on any atom is 0.306 e. The number of rotatable bonds is 3. The van der Waals surface area contributed by atoms with E-state index in [-0.39, 0.29) is 17.9 Å². The first-order chi connectivity index (χ1) is 11.1. The Balaban J connectivity index is 1.68. The van der Waals surface area contributed by atoms with Gasteiger partial charge in [-0.25, -0.2) is 0 Å². The fourth-order valence-corrected chi connectivity index (χ4v) is 3.63. The zero-order valence-electron chi connectivity index (χ0n) is 13.6. The first-order valence-electron chi connectivity index (χ1n) is 8.41. The van der Waals surface area contributed by atoms with Gasteiger partial charge in [0.05, 0.1) is 12.0 Å². The van der Waals surface area contributed by atoms with Gasteiger partial charge in [-0.05, 0) is 57.8 Å². The molecule has 2 heterocycles. The SMILES string of the molecule is Cc1ccc(N2CCCC(N3CCC(C(=O)O)CC3)C2=O)cc1. The molecule has 124 valence electrons. The summed E-state index contributed by atoms with van der Waals surface area (Å²) in [7, 11) is 0. The summed E-state index contributed by atoms with van der Waals surface area (Å²) in [6, 6.07) is 7.98. The summed E-state index contributed by atoms with van der Waals surface area (Å²) in [6.07, 6.45) is 3.15. The van der Waals surface area contributed by atoms with Gasteiger partial charge in [0, 0.05) is 12.2 Å². The van der Waals surface area contributed by atoms with Crippen LogP contribution in [0.5, 0.6) is 0 Å². The molecule has 0 radical (unpaired) electrons. The number of carboxylic acids is 1. The van der Waals surface area contributed by atoms with Crippen molar-refractivity contribution in [3.8, 4) is 0 Å². The number of hydrogen-bond acceptors (Lipinski definition) is 3. The lowest BCUT2D eigenvalue weighted by molar-refractivity contribution is -0.143. The van der Waals surface area contributed by atoms with Gasteiger partial charge < -0.3 is 10.0 Å². The molecular formula is C18H24N2O3. The van der Waals surface area contributed by atoms with Crippen molar-refractivity contribution >= 4 is 17.6 Å². The van der Waals surface area contributed by atoms with Gasteiger partial charge >= 0.3 is 5.97 Å². The number of carboxylic acid groups (broad SMARTS) is 1.